The van der Waals surface area contributed by atoms with Gasteiger partial charge in [-0.2, -0.15) is 0 Å². The van der Waals surface area contributed by atoms with E-state index in [4.69, 9.17) is 0 Å². The van der Waals surface area contributed by atoms with E-state index in [1.807, 2.05) is 30.3 Å². The summed E-state index contributed by atoms with van der Waals surface area (Å²) in [5.41, 5.74) is 2.35. The van der Waals surface area contributed by atoms with Crippen molar-refractivity contribution in [1.82, 2.24) is 0 Å². The molecule has 2 aromatic rings. The van der Waals surface area contributed by atoms with Crippen molar-refractivity contribution in [3.05, 3.63) is 71.3 Å². The van der Waals surface area contributed by atoms with Gasteiger partial charge < -0.3 is 10.00 Å². The third kappa shape index (κ3) is 2.33. The number of fused-ring (bicyclic) bond motifs is 1. The average Bonchev–Trinajstić information content (AvgIpc) is 2.92. The van der Waals surface area contributed by atoms with E-state index in [1.165, 1.54) is 0 Å². The van der Waals surface area contributed by atoms with E-state index < -0.39 is 18.9 Å². The van der Waals surface area contributed by atoms with Crippen molar-refractivity contribution in [3.8, 4) is 0 Å². The molecule has 0 fully saturated rings. The molecule has 2 atom stereocenters. The maximum Gasteiger partial charge on any atom is 0.236 e. The minimum absolute atomic E-state index is 0.393. The van der Waals surface area contributed by atoms with Crippen LogP contribution in [0.4, 0.5) is 0 Å². The Morgan fingerprint density at radius 3 is 2.00 bits per heavy atom. The molecule has 0 saturated carbocycles. The van der Waals surface area contributed by atoms with Crippen molar-refractivity contribution >= 4 is 7.37 Å². The van der Waals surface area contributed by atoms with Crippen LogP contribution in [0.25, 0.3) is 0 Å². The zero-order chi connectivity index (χ0) is 14.2. The third-order valence-corrected chi connectivity index (χ3v) is 6.41. The van der Waals surface area contributed by atoms with Crippen molar-refractivity contribution in [1.29, 1.82) is 0 Å². The van der Waals surface area contributed by atoms with Crippen molar-refractivity contribution < 1.29 is 14.6 Å². The van der Waals surface area contributed by atoms with Crippen LogP contribution in [0, 0.1) is 0 Å². The van der Waals surface area contributed by atoms with Crippen LogP contribution < -0.4 is 0 Å². The first-order chi connectivity index (χ1) is 9.59. The maximum absolute atomic E-state index is 12.7. The quantitative estimate of drug-likeness (QED) is 0.853. The van der Waals surface area contributed by atoms with E-state index in [0.29, 0.717) is 18.4 Å². The van der Waals surface area contributed by atoms with Gasteiger partial charge in [0.15, 0.2) is 5.85 Å². The molecule has 0 heterocycles. The standard InChI is InChI=1S/C16H17O3P/c17-16(12-6-2-1-3-7-12)20(18,19)15-10-13-8-4-5-9-14(13)11-15/h1-9,15-17H,10-11H2,(H,18,19)/t16-/m0/s1. The lowest BCUT2D eigenvalue weighted by molar-refractivity contribution is 0.231. The minimum atomic E-state index is -3.68. The van der Waals surface area contributed by atoms with Crippen LogP contribution in [-0.2, 0) is 17.4 Å². The Morgan fingerprint density at radius 2 is 1.45 bits per heavy atom. The van der Waals surface area contributed by atoms with Crippen molar-refractivity contribution in [2.45, 2.75) is 24.3 Å². The Balaban J connectivity index is 1.86. The van der Waals surface area contributed by atoms with Crippen LogP contribution in [0.15, 0.2) is 54.6 Å². The fourth-order valence-electron chi connectivity index (χ4n) is 2.84. The second-order valence-corrected chi connectivity index (χ2v) is 7.85. The molecule has 4 heteroatoms. The number of hydrogen-bond donors (Lipinski definition) is 2. The second-order valence-electron chi connectivity index (χ2n) is 5.29. The van der Waals surface area contributed by atoms with E-state index >= 15 is 0 Å². The SMILES string of the molecule is O=P(O)(C1Cc2ccccc2C1)[C@H](O)c1ccccc1. The van der Waals surface area contributed by atoms with Crippen molar-refractivity contribution in [2.24, 2.45) is 0 Å². The zero-order valence-electron chi connectivity index (χ0n) is 11.0. The summed E-state index contributed by atoms with van der Waals surface area (Å²) < 4.78 is 12.7. The van der Waals surface area contributed by atoms with Gasteiger partial charge in [0.25, 0.3) is 0 Å². The Morgan fingerprint density at radius 1 is 0.950 bits per heavy atom. The summed E-state index contributed by atoms with van der Waals surface area (Å²) in [6, 6.07) is 16.6. The highest BCUT2D eigenvalue weighted by Crippen LogP contribution is 2.60. The topological polar surface area (TPSA) is 57.5 Å². The van der Waals surface area contributed by atoms with Crippen LogP contribution in [-0.4, -0.2) is 15.7 Å². The zero-order valence-corrected chi connectivity index (χ0v) is 11.9. The van der Waals surface area contributed by atoms with Gasteiger partial charge in [-0.15, -0.1) is 0 Å². The predicted molar refractivity (Wildman–Crippen MR) is 78.9 cm³/mol. The van der Waals surface area contributed by atoms with Gasteiger partial charge in [0.2, 0.25) is 7.37 Å². The summed E-state index contributed by atoms with van der Waals surface area (Å²) >= 11 is 0. The molecule has 0 spiro atoms. The molecule has 0 aromatic heterocycles. The minimum Gasteiger partial charge on any atom is -0.378 e. The third-order valence-electron chi connectivity index (χ3n) is 4.00. The molecule has 3 rings (SSSR count). The van der Waals surface area contributed by atoms with Gasteiger partial charge in [0, 0.05) is 5.66 Å². The summed E-state index contributed by atoms with van der Waals surface area (Å²) in [6.45, 7) is 0. The Kier molecular flexibility index (Phi) is 3.51. The monoisotopic (exact) mass is 288 g/mol. The molecule has 2 N–H and O–H groups in total. The summed E-state index contributed by atoms with van der Waals surface area (Å²) in [5, 5.41) is 10.3. The van der Waals surface area contributed by atoms with Gasteiger partial charge >= 0.3 is 0 Å². The molecule has 1 aliphatic rings. The van der Waals surface area contributed by atoms with E-state index in [1.54, 1.807) is 24.3 Å². The molecule has 0 amide bonds. The molecule has 0 bridgehead atoms. The van der Waals surface area contributed by atoms with Gasteiger partial charge in [0.05, 0.1) is 0 Å². The largest absolute Gasteiger partial charge is 0.378 e. The van der Waals surface area contributed by atoms with Gasteiger partial charge in [-0.05, 0) is 29.5 Å². The lowest BCUT2D eigenvalue weighted by atomic mass is 10.1. The van der Waals surface area contributed by atoms with Crippen molar-refractivity contribution in [2.75, 3.05) is 0 Å². The number of rotatable bonds is 3. The second kappa shape index (κ2) is 5.17. The highest BCUT2D eigenvalue weighted by molar-refractivity contribution is 7.58. The first kappa shape index (κ1) is 13.6. The summed E-state index contributed by atoms with van der Waals surface area (Å²) in [7, 11) is -3.68. The van der Waals surface area contributed by atoms with Crippen LogP contribution in [0.1, 0.15) is 22.5 Å². The number of aliphatic hydroxyl groups excluding tert-OH is 1. The number of aliphatic hydroxyl groups is 1. The maximum atomic E-state index is 12.7. The molecule has 0 aliphatic heterocycles. The highest BCUT2D eigenvalue weighted by Gasteiger charge is 2.41. The van der Waals surface area contributed by atoms with Gasteiger partial charge in [0.1, 0.15) is 0 Å². The lowest BCUT2D eigenvalue weighted by Crippen LogP contribution is -2.14. The molecule has 0 saturated heterocycles. The molecule has 1 aliphatic carbocycles. The molecule has 20 heavy (non-hydrogen) atoms. The fraction of sp³-hybridized carbons (Fsp3) is 0.250. The Hall–Kier alpha value is -1.41. The molecule has 2 aromatic carbocycles. The van der Waals surface area contributed by atoms with E-state index in [0.717, 1.165) is 11.1 Å². The number of benzene rings is 2. The van der Waals surface area contributed by atoms with E-state index in [9.17, 15) is 14.6 Å². The normalized spacial score (nSPS) is 19.3. The lowest BCUT2D eigenvalue weighted by Gasteiger charge is -2.23. The predicted octanol–water partition coefficient (Wildman–Crippen LogP) is 3.12. The van der Waals surface area contributed by atoms with Gasteiger partial charge in [-0.3, -0.25) is 4.57 Å². The number of hydrogen-bond acceptors (Lipinski definition) is 2. The molecule has 3 nitrogen and oxygen atoms in total. The van der Waals surface area contributed by atoms with Crippen LogP contribution >= 0.6 is 7.37 Å². The first-order valence-corrected chi connectivity index (χ1v) is 8.51. The first-order valence-electron chi connectivity index (χ1n) is 6.71. The van der Waals surface area contributed by atoms with E-state index in [-0.39, 0.29) is 0 Å². The van der Waals surface area contributed by atoms with Crippen LogP contribution in [0.2, 0.25) is 0 Å². The van der Waals surface area contributed by atoms with Crippen LogP contribution in [0.3, 0.4) is 0 Å². The molecule has 0 radical (unpaired) electrons. The van der Waals surface area contributed by atoms with Crippen LogP contribution in [0.5, 0.6) is 0 Å². The van der Waals surface area contributed by atoms with E-state index in [2.05, 4.69) is 0 Å². The Bertz CT molecular complexity index is 629. The molecular weight excluding hydrogens is 271 g/mol. The average molecular weight is 288 g/mol. The Labute approximate surface area is 118 Å². The van der Waals surface area contributed by atoms with Gasteiger partial charge in [-0.25, -0.2) is 0 Å². The summed E-state index contributed by atoms with van der Waals surface area (Å²) in [6.07, 6.45) is 1.13. The van der Waals surface area contributed by atoms with Crippen molar-refractivity contribution in [3.63, 3.8) is 0 Å². The highest BCUT2D eigenvalue weighted by atomic mass is 31.2. The van der Waals surface area contributed by atoms with Gasteiger partial charge in [-0.1, -0.05) is 54.6 Å². The fourth-order valence-corrected chi connectivity index (χ4v) is 4.75. The molecule has 104 valence electrons. The smallest absolute Gasteiger partial charge is 0.236 e. The molecule has 1 unspecified atom stereocenters. The summed E-state index contributed by atoms with van der Waals surface area (Å²) in [5.74, 6) is -1.30. The molecular formula is C16H17O3P. The summed E-state index contributed by atoms with van der Waals surface area (Å²) in [4.78, 5) is 10.4.